The lowest BCUT2D eigenvalue weighted by molar-refractivity contribution is 0.463. The number of thioether (sulfide) groups is 1. The molecule has 0 atom stereocenters. The van der Waals surface area contributed by atoms with Crippen LogP contribution in [0.5, 0.6) is 0 Å². The molecular formula is C15H9Cl2FN2OS. The summed E-state index contributed by atoms with van der Waals surface area (Å²) in [6.07, 6.45) is 0. The third-order valence-electron chi connectivity index (χ3n) is 2.86. The lowest BCUT2D eigenvalue weighted by Gasteiger charge is -2.00. The van der Waals surface area contributed by atoms with Crippen LogP contribution in [0.1, 0.15) is 5.56 Å². The van der Waals surface area contributed by atoms with Gasteiger partial charge in [-0.1, -0.05) is 53.2 Å². The number of halogens is 3. The van der Waals surface area contributed by atoms with Crippen molar-refractivity contribution in [1.82, 2.24) is 10.2 Å². The molecule has 0 aliphatic rings. The summed E-state index contributed by atoms with van der Waals surface area (Å²) in [6.45, 7) is 0. The van der Waals surface area contributed by atoms with E-state index < -0.39 is 5.82 Å². The summed E-state index contributed by atoms with van der Waals surface area (Å²) in [6, 6.07) is 11.7. The second-order valence-electron chi connectivity index (χ2n) is 4.39. The Bertz CT molecular complexity index is 810. The highest BCUT2D eigenvalue weighted by atomic mass is 35.5. The number of rotatable bonds is 4. The van der Waals surface area contributed by atoms with Crippen LogP contribution in [0.3, 0.4) is 0 Å². The van der Waals surface area contributed by atoms with Crippen LogP contribution in [0.25, 0.3) is 11.5 Å². The van der Waals surface area contributed by atoms with Crippen LogP contribution in [0.4, 0.5) is 4.39 Å². The first-order valence-corrected chi connectivity index (χ1v) is 8.03. The molecule has 1 heterocycles. The van der Waals surface area contributed by atoms with Gasteiger partial charge in [0.15, 0.2) is 0 Å². The van der Waals surface area contributed by atoms with Gasteiger partial charge in [-0.2, -0.15) is 0 Å². The van der Waals surface area contributed by atoms with Crippen molar-refractivity contribution >= 4 is 35.0 Å². The molecule has 0 saturated carbocycles. The zero-order valence-electron chi connectivity index (χ0n) is 11.1. The standard InChI is InChI=1S/C15H9Cl2FN2OS/c16-11-6-5-9(7-12(11)17)8-22-15-20-19-14(21-15)10-3-1-2-4-13(10)18/h1-7H,8H2. The molecule has 112 valence electrons. The Hall–Kier alpha value is -1.56. The van der Waals surface area contributed by atoms with E-state index in [1.54, 1.807) is 30.3 Å². The molecule has 0 unspecified atom stereocenters. The zero-order valence-corrected chi connectivity index (χ0v) is 13.4. The van der Waals surface area contributed by atoms with Gasteiger partial charge in [0.25, 0.3) is 11.1 Å². The number of hydrogen-bond donors (Lipinski definition) is 0. The Labute approximate surface area is 140 Å². The molecule has 0 saturated heterocycles. The summed E-state index contributed by atoms with van der Waals surface area (Å²) in [5, 5.41) is 9.15. The highest BCUT2D eigenvalue weighted by Gasteiger charge is 2.13. The normalized spacial score (nSPS) is 10.9. The summed E-state index contributed by atoms with van der Waals surface area (Å²) in [5.74, 6) is 0.359. The van der Waals surface area contributed by atoms with Crippen molar-refractivity contribution in [3.63, 3.8) is 0 Å². The van der Waals surface area contributed by atoms with Crippen molar-refractivity contribution in [3.8, 4) is 11.5 Å². The smallest absolute Gasteiger partial charge is 0.277 e. The van der Waals surface area contributed by atoms with Gasteiger partial charge in [-0.25, -0.2) is 4.39 Å². The lowest BCUT2D eigenvalue weighted by Crippen LogP contribution is -1.82. The molecule has 0 fully saturated rings. The van der Waals surface area contributed by atoms with Gasteiger partial charge in [0.2, 0.25) is 0 Å². The molecule has 0 N–H and O–H groups in total. The molecular weight excluding hydrogens is 346 g/mol. The monoisotopic (exact) mass is 354 g/mol. The molecule has 2 aromatic carbocycles. The van der Waals surface area contributed by atoms with Gasteiger partial charge < -0.3 is 4.42 Å². The van der Waals surface area contributed by atoms with Crippen molar-refractivity contribution in [2.45, 2.75) is 11.0 Å². The quantitative estimate of drug-likeness (QED) is 0.582. The Morgan fingerprint density at radius 3 is 2.64 bits per heavy atom. The first kappa shape index (κ1) is 15.3. The van der Waals surface area contributed by atoms with Crippen molar-refractivity contribution in [2.24, 2.45) is 0 Å². The van der Waals surface area contributed by atoms with Gasteiger partial charge in [0.05, 0.1) is 15.6 Å². The van der Waals surface area contributed by atoms with Crippen LogP contribution in [-0.2, 0) is 5.75 Å². The molecule has 0 radical (unpaired) electrons. The summed E-state index contributed by atoms with van der Waals surface area (Å²) in [7, 11) is 0. The second kappa shape index (κ2) is 6.69. The largest absolute Gasteiger partial charge is 0.411 e. The summed E-state index contributed by atoms with van der Waals surface area (Å²) >= 11 is 13.2. The average Bonchev–Trinajstić information content (AvgIpc) is 2.98. The minimum Gasteiger partial charge on any atom is -0.411 e. The molecule has 3 nitrogen and oxygen atoms in total. The molecule has 0 bridgehead atoms. The second-order valence-corrected chi connectivity index (χ2v) is 6.13. The van der Waals surface area contributed by atoms with Gasteiger partial charge in [-0.15, -0.1) is 10.2 Å². The highest BCUT2D eigenvalue weighted by Crippen LogP contribution is 2.29. The predicted molar refractivity (Wildman–Crippen MR) is 85.7 cm³/mol. The number of aromatic nitrogens is 2. The first-order valence-electron chi connectivity index (χ1n) is 6.28. The van der Waals surface area contributed by atoms with Gasteiger partial charge in [0, 0.05) is 5.75 Å². The third-order valence-corrected chi connectivity index (χ3v) is 4.49. The maximum atomic E-state index is 13.7. The Morgan fingerprint density at radius 2 is 1.86 bits per heavy atom. The average molecular weight is 355 g/mol. The third kappa shape index (κ3) is 3.43. The molecule has 0 spiro atoms. The van der Waals surface area contributed by atoms with Crippen molar-refractivity contribution < 1.29 is 8.81 Å². The Morgan fingerprint density at radius 1 is 1.05 bits per heavy atom. The number of benzene rings is 2. The van der Waals surface area contributed by atoms with E-state index in [0.717, 1.165) is 5.56 Å². The maximum Gasteiger partial charge on any atom is 0.277 e. The van der Waals surface area contributed by atoms with E-state index in [1.165, 1.54) is 17.8 Å². The van der Waals surface area contributed by atoms with Gasteiger partial charge >= 0.3 is 0 Å². The Kier molecular flexibility index (Phi) is 4.66. The molecule has 0 amide bonds. The first-order chi connectivity index (χ1) is 10.6. The highest BCUT2D eigenvalue weighted by molar-refractivity contribution is 7.98. The van der Waals surface area contributed by atoms with E-state index in [-0.39, 0.29) is 11.5 Å². The molecule has 0 aliphatic heterocycles. The molecule has 3 rings (SSSR count). The van der Waals surface area contributed by atoms with E-state index in [0.29, 0.717) is 21.0 Å². The van der Waals surface area contributed by atoms with Crippen LogP contribution in [-0.4, -0.2) is 10.2 Å². The number of hydrogen-bond acceptors (Lipinski definition) is 4. The fourth-order valence-corrected chi connectivity index (χ4v) is 2.81. The van der Waals surface area contributed by atoms with E-state index in [2.05, 4.69) is 10.2 Å². The van der Waals surface area contributed by atoms with Crippen molar-refractivity contribution in [1.29, 1.82) is 0 Å². The summed E-state index contributed by atoms with van der Waals surface area (Å²) in [4.78, 5) is 0. The van der Waals surface area contributed by atoms with Gasteiger partial charge in [-0.3, -0.25) is 0 Å². The lowest BCUT2D eigenvalue weighted by atomic mass is 10.2. The van der Waals surface area contributed by atoms with Gasteiger partial charge in [-0.05, 0) is 29.8 Å². The van der Waals surface area contributed by atoms with E-state index >= 15 is 0 Å². The summed E-state index contributed by atoms with van der Waals surface area (Å²) in [5.41, 5.74) is 1.27. The van der Waals surface area contributed by atoms with E-state index in [4.69, 9.17) is 27.6 Å². The number of nitrogens with zero attached hydrogens (tertiary/aromatic N) is 2. The van der Waals surface area contributed by atoms with Crippen LogP contribution in [0, 0.1) is 5.82 Å². The van der Waals surface area contributed by atoms with Crippen LogP contribution < -0.4 is 0 Å². The van der Waals surface area contributed by atoms with Crippen LogP contribution in [0.15, 0.2) is 52.1 Å². The van der Waals surface area contributed by atoms with Crippen LogP contribution in [0.2, 0.25) is 10.0 Å². The fraction of sp³-hybridized carbons (Fsp3) is 0.0667. The molecule has 7 heteroatoms. The van der Waals surface area contributed by atoms with Crippen molar-refractivity contribution in [2.75, 3.05) is 0 Å². The van der Waals surface area contributed by atoms with Crippen LogP contribution >= 0.6 is 35.0 Å². The van der Waals surface area contributed by atoms with E-state index in [1.807, 2.05) is 6.07 Å². The SMILES string of the molecule is Fc1ccccc1-c1nnc(SCc2ccc(Cl)c(Cl)c2)o1. The molecule has 22 heavy (non-hydrogen) atoms. The molecule has 1 aromatic heterocycles. The molecule has 0 aliphatic carbocycles. The fourth-order valence-electron chi connectivity index (χ4n) is 1.79. The van der Waals surface area contributed by atoms with E-state index in [9.17, 15) is 4.39 Å². The van der Waals surface area contributed by atoms with Crippen molar-refractivity contribution in [3.05, 3.63) is 63.9 Å². The minimum absolute atomic E-state index is 0.162. The maximum absolute atomic E-state index is 13.7. The Balaban J connectivity index is 1.72. The topological polar surface area (TPSA) is 38.9 Å². The zero-order chi connectivity index (χ0) is 15.5. The minimum atomic E-state index is -0.396. The predicted octanol–water partition coefficient (Wildman–Crippen LogP) is 5.47. The van der Waals surface area contributed by atoms with Gasteiger partial charge in [0.1, 0.15) is 5.82 Å². The molecule has 3 aromatic rings. The summed E-state index contributed by atoms with van der Waals surface area (Å²) < 4.78 is 19.1.